The molecule has 1 N–H and O–H groups in total. The molecule has 1 heterocycles. The van der Waals surface area contributed by atoms with E-state index in [1.807, 2.05) is 13.8 Å². The van der Waals surface area contributed by atoms with Crippen molar-refractivity contribution >= 4 is 29.7 Å². The number of carboxylic acids is 1. The van der Waals surface area contributed by atoms with E-state index in [9.17, 15) is 29.1 Å². The zero-order valence-electron chi connectivity index (χ0n) is 23.5. The molecule has 0 amide bonds. The number of carbonyl (C=O) groups excluding carboxylic acids is 4. The maximum absolute atomic E-state index is 13.7. The standard InChI is InChI=1S/C31H36O10/c1-4-11-24(32)39-23-18-38-28(30(41-26(34)13-6-3)29(23)40-25(33)12-5-2)21-16-9-7-14-19(21)27(35)20-15-8-10-17-22(20)31(36)37/h7-10,14-17,23,28-30H,4-6,11-13,18H2,1-3H3,(H,36,37)/t23-,28-,29+,30-/m1/s1. The van der Waals surface area contributed by atoms with Crippen LogP contribution in [0.1, 0.15) is 97.2 Å². The fraction of sp³-hybridized carbons (Fsp3) is 0.452. The average molecular weight is 569 g/mol. The third-order valence-electron chi connectivity index (χ3n) is 6.52. The molecule has 1 aliphatic heterocycles. The van der Waals surface area contributed by atoms with Gasteiger partial charge in [0.15, 0.2) is 24.1 Å². The second kappa shape index (κ2) is 15.1. The minimum atomic E-state index is -1.26. The summed E-state index contributed by atoms with van der Waals surface area (Å²) in [6.45, 7) is 5.24. The van der Waals surface area contributed by atoms with Gasteiger partial charge in [0.2, 0.25) is 0 Å². The molecule has 0 unspecified atom stereocenters. The monoisotopic (exact) mass is 568 g/mol. The van der Waals surface area contributed by atoms with Crippen molar-refractivity contribution in [1.29, 1.82) is 0 Å². The number of carbonyl (C=O) groups is 5. The smallest absolute Gasteiger partial charge is 0.336 e. The summed E-state index contributed by atoms with van der Waals surface area (Å²) in [7, 11) is 0. The number of ether oxygens (including phenoxy) is 4. The molecule has 2 aromatic carbocycles. The zero-order valence-corrected chi connectivity index (χ0v) is 23.5. The lowest BCUT2D eigenvalue weighted by molar-refractivity contribution is -0.229. The van der Waals surface area contributed by atoms with E-state index in [2.05, 4.69) is 0 Å². The van der Waals surface area contributed by atoms with Gasteiger partial charge in [-0.25, -0.2) is 4.79 Å². The highest BCUT2D eigenvalue weighted by atomic mass is 16.6. The summed E-state index contributed by atoms with van der Waals surface area (Å²) in [4.78, 5) is 63.4. The Hall–Kier alpha value is -4.05. The lowest BCUT2D eigenvalue weighted by Crippen LogP contribution is -2.54. The molecule has 10 nitrogen and oxygen atoms in total. The van der Waals surface area contributed by atoms with Crippen molar-refractivity contribution in [2.24, 2.45) is 0 Å². The van der Waals surface area contributed by atoms with Crippen molar-refractivity contribution in [3.63, 3.8) is 0 Å². The van der Waals surface area contributed by atoms with Crippen LogP contribution in [0.5, 0.6) is 0 Å². The molecule has 3 rings (SSSR count). The van der Waals surface area contributed by atoms with Crippen molar-refractivity contribution in [2.75, 3.05) is 6.61 Å². The number of hydrogen-bond acceptors (Lipinski definition) is 9. The van der Waals surface area contributed by atoms with Crippen molar-refractivity contribution in [3.05, 3.63) is 70.8 Å². The van der Waals surface area contributed by atoms with Gasteiger partial charge in [-0.2, -0.15) is 0 Å². The van der Waals surface area contributed by atoms with Crippen LogP contribution >= 0.6 is 0 Å². The van der Waals surface area contributed by atoms with Crippen LogP contribution < -0.4 is 0 Å². The molecule has 0 aliphatic carbocycles. The fourth-order valence-electron chi connectivity index (χ4n) is 4.64. The molecule has 2 aromatic rings. The summed E-state index contributed by atoms with van der Waals surface area (Å²) >= 11 is 0. The van der Waals surface area contributed by atoms with Crippen molar-refractivity contribution in [2.45, 2.75) is 83.7 Å². The van der Waals surface area contributed by atoms with E-state index in [4.69, 9.17) is 18.9 Å². The van der Waals surface area contributed by atoms with E-state index in [1.165, 1.54) is 24.3 Å². The van der Waals surface area contributed by atoms with Gasteiger partial charge in [-0.1, -0.05) is 63.2 Å². The van der Waals surface area contributed by atoms with E-state index in [-0.39, 0.29) is 42.6 Å². The van der Waals surface area contributed by atoms with Crippen LogP contribution in [0.2, 0.25) is 0 Å². The molecule has 1 fully saturated rings. The lowest BCUT2D eigenvalue weighted by Gasteiger charge is -2.41. The van der Waals surface area contributed by atoms with E-state index in [0.717, 1.165) is 0 Å². The average Bonchev–Trinajstić information content (AvgIpc) is 2.95. The van der Waals surface area contributed by atoms with Crippen LogP contribution in [0.3, 0.4) is 0 Å². The Labute approximate surface area is 238 Å². The number of aromatic carboxylic acids is 1. The van der Waals surface area contributed by atoms with Gasteiger partial charge in [0.05, 0.1) is 12.2 Å². The lowest BCUT2D eigenvalue weighted by atomic mass is 9.87. The molecule has 10 heteroatoms. The molecule has 41 heavy (non-hydrogen) atoms. The quantitative estimate of drug-likeness (QED) is 0.203. The fourth-order valence-corrected chi connectivity index (χ4v) is 4.64. The molecule has 0 aromatic heterocycles. The maximum Gasteiger partial charge on any atom is 0.336 e. The van der Waals surface area contributed by atoms with E-state index < -0.39 is 54.1 Å². The highest BCUT2D eigenvalue weighted by molar-refractivity contribution is 6.15. The van der Waals surface area contributed by atoms with E-state index >= 15 is 0 Å². The van der Waals surface area contributed by atoms with Crippen molar-refractivity contribution in [1.82, 2.24) is 0 Å². The Morgan fingerprint density at radius 3 is 1.76 bits per heavy atom. The molecule has 1 saturated heterocycles. The van der Waals surface area contributed by atoms with Gasteiger partial charge in [-0.3, -0.25) is 19.2 Å². The summed E-state index contributed by atoms with van der Waals surface area (Å²) in [6, 6.07) is 12.3. The molecule has 0 saturated carbocycles. The second-order valence-electron chi connectivity index (χ2n) is 9.71. The first-order chi connectivity index (χ1) is 19.7. The summed E-state index contributed by atoms with van der Waals surface area (Å²) in [5.41, 5.74) is 0.238. The first-order valence-corrected chi connectivity index (χ1v) is 13.9. The number of benzene rings is 2. The summed E-state index contributed by atoms with van der Waals surface area (Å²) < 4.78 is 23.3. The van der Waals surface area contributed by atoms with Gasteiger partial charge in [-0.15, -0.1) is 0 Å². The number of hydrogen-bond donors (Lipinski definition) is 1. The summed E-state index contributed by atoms with van der Waals surface area (Å²) in [6.07, 6.45) is -2.77. The van der Waals surface area contributed by atoms with Gasteiger partial charge < -0.3 is 24.1 Å². The predicted molar refractivity (Wildman–Crippen MR) is 146 cm³/mol. The van der Waals surface area contributed by atoms with Gasteiger partial charge in [-0.05, 0) is 30.9 Å². The molecular formula is C31H36O10. The molecule has 0 spiro atoms. The van der Waals surface area contributed by atoms with Crippen LogP contribution in [-0.2, 0) is 33.3 Å². The predicted octanol–water partition coefficient (Wildman–Crippen LogP) is 4.82. The van der Waals surface area contributed by atoms with Crippen LogP contribution in [0, 0.1) is 0 Å². The van der Waals surface area contributed by atoms with Gasteiger partial charge in [0.1, 0.15) is 6.10 Å². The molecular weight excluding hydrogens is 532 g/mol. The Morgan fingerprint density at radius 1 is 0.707 bits per heavy atom. The topological polar surface area (TPSA) is 143 Å². The minimum Gasteiger partial charge on any atom is -0.478 e. The Bertz CT molecular complexity index is 1250. The van der Waals surface area contributed by atoms with E-state index in [0.29, 0.717) is 24.8 Å². The highest BCUT2D eigenvalue weighted by Gasteiger charge is 2.48. The molecule has 0 bridgehead atoms. The van der Waals surface area contributed by atoms with Crippen LogP contribution in [0.15, 0.2) is 48.5 Å². The van der Waals surface area contributed by atoms with Crippen LogP contribution in [0.4, 0.5) is 0 Å². The largest absolute Gasteiger partial charge is 0.478 e. The normalized spacial score (nSPS) is 20.1. The third-order valence-corrected chi connectivity index (χ3v) is 6.52. The second-order valence-corrected chi connectivity index (χ2v) is 9.71. The summed E-state index contributed by atoms with van der Waals surface area (Å²) in [5.74, 6) is -3.49. The van der Waals surface area contributed by atoms with Crippen molar-refractivity contribution < 1.29 is 48.0 Å². The molecule has 0 radical (unpaired) electrons. The third kappa shape index (κ3) is 8.00. The Balaban J connectivity index is 2.09. The number of carboxylic acid groups (broad SMARTS) is 1. The summed E-state index contributed by atoms with van der Waals surface area (Å²) in [5, 5.41) is 9.65. The van der Waals surface area contributed by atoms with Gasteiger partial charge >= 0.3 is 23.9 Å². The Kier molecular flexibility index (Phi) is 11.6. The maximum atomic E-state index is 13.7. The number of ketones is 1. The number of esters is 3. The van der Waals surface area contributed by atoms with E-state index in [1.54, 1.807) is 31.2 Å². The Morgan fingerprint density at radius 2 is 1.20 bits per heavy atom. The van der Waals surface area contributed by atoms with Crippen LogP contribution in [0.25, 0.3) is 0 Å². The van der Waals surface area contributed by atoms with Crippen molar-refractivity contribution in [3.8, 4) is 0 Å². The highest BCUT2D eigenvalue weighted by Crippen LogP contribution is 2.37. The first-order valence-electron chi connectivity index (χ1n) is 13.9. The van der Waals surface area contributed by atoms with Gasteiger partial charge in [0.25, 0.3) is 0 Å². The van der Waals surface area contributed by atoms with Crippen LogP contribution in [-0.4, -0.2) is 59.7 Å². The SMILES string of the molecule is CCCC(=O)O[C@@H]1[C@H](OC(=O)CCC)[C@@H](c2ccccc2C(=O)c2ccccc2C(=O)O)OC[C@H]1OC(=O)CCC. The molecule has 4 atom stereocenters. The minimum absolute atomic E-state index is 0.0277. The zero-order chi connectivity index (χ0) is 29.9. The first kappa shape index (κ1) is 31.5. The number of rotatable bonds is 13. The van der Waals surface area contributed by atoms with Gasteiger partial charge in [0, 0.05) is 30.4 Å². The molecule has 220 valence electrons. The molecule has 1 aliphatic rings.